The van der Waals surface area contributed by atoms with Crippen LogP contribution in [0.25, 0.3) is 0 Å². The Kier molecular flexibility index (Phi) is 5.55. The number of rotatable bonds is 5. The average Bonchev–Trinajstić information content (AvgIpc) is 2.48. The number of nitrogens with two attached hydrogens (primary N) is 1. The monoisotopic (exact) mass is 327 g/mol. The van der Waals surface area contributed by atoms with E-state index < -0.39 is 36.7 Å². The van der Waals surface area contributed by atoms with Gasteiger partial charge in [-0.15, -0.1) is 0 Å². The third kappa shape index (κ3) is 4.18. The lowest BCUT2D eigenvalue weighted by Crippen LogP contribution is -2.61. The zero-order chi connectivity index (χ0) is 17.1. The summed E-state index contributed by atoms with van der Waals surface area (Å²) in [4.78, 5) is 11.0. The largest absolute Gasteiger partial charge is 0.479 e. The first-order chi connectivity index (χ1) is 10.8. The first kappa shape index (κ1) is 17.6. The van der Waals surface area contributed by atoms with Crippen molar-refractivity contribution in [2.75, 3.05) is 0 Å². The van der Waals surface area contributed by atoms with E-state index in [1.54, 1.807) is 24.3 Å². The number of carbonyl (C=O) groups is 1. The Bertz CT molecular complexity index is 533. The fourth-order valence-electron chi connectivity index (χ4n) is 2.36. The molecule has 1 unspecified atom stereocenters. The van der Waals surface area contributed by atoms with Crippen molar-refractivity contribution < 1.29 is 34.7 Å². The van der Waals surface area contributed by atoms with Crippen LogP contribution in [-0.4, -0.2) is 63.1 Å². The second-order valence-electron chi connectivity index (χ2n) is 5.68. The number of carboxylic acids is 1. The first-order valence-electron chi connectivity index (χ1n) is 7.23. The van der Waals surface area contributed by atoms with Gasteiger partial charge in [-0.1, -0.05) is 12.1 Å². The number of aliphatic hydroxyl groups is 3. The highest BCUT2D eigenvalue weighted by molar-refractivity contribution is 5.73. The SMILES string of the molecule is CC(N)Cc1ccc(O[C@@H]2O[C@H](C(=O)O)[C@@H](O)[C@H](O)[C@H]2O)cc1. The number of ether oxygens (including phenoxy) is 2. The molecule has 0 aliphatic carbocycles. The van der Waals surface area contributed by atoms with Crippen LogP contribution in [0.4, 0.5) is 0 Å². The van der Waals surface area contributed by atoms with Gasteiger partial charge in [0.1, 0.15) is 24.1 Å². The minimum absolute atomic E-state index is 0.0122. The van der Waals surface area contributed by atoms with Crippen molar-refractivity contribution in [1.29, 1.82) is 0 Å². The fraction of sp³-hybridized carbons (Fsp3) is 0.533. The van der Waals surface area contributed by atoms with Crippen LogP contribution in [-0.2, 0) is 16.0 Å². The van der Waals surface area contributed by atoms with Gasteiger partial charge in [0.05, 0.1) is 0 Å². The van der Waals surface area contributed by atoms with Gasteiger partial charge < -0.3 is 35.6 Å². The highest BCUT2D eigenvalue weighted by Gasteiger charge is 2.48. The third-order valence-electron chi connectivity index (χ3n) is 3.55. The zero-order valence-corrected chi connectivity index (χ0v) is 12.6. The molecule has 128 valence electrons. The summed E-state index contributed by atoms with van der Waals surface area (Å²) in [6, 6.07) is 6.84. The van der Waals surface area contributed by atoms with Crippen LogP contribution < -0.4 is 10.5 Å². The number of aliphatic hydroxyl groups excluding tert-OH is 3. The topological polar surface area (TPSA) is 142 Å². The van der Waals surface area contributed by atoms with E-state index in [0.717, 1.165) is 5.56 Å². The minimum atomic E-state index is -1.74. The molecular formula is C15H21NO7. The second-order valence-corrected chi connectivity index (χ2v) is 5.68. The van der Waals surface area contributed by atoms with Crippen molar-refractivity contribution >= 4 is 5.97 Å². The highest BCUT2D eigenvalue weighted by atomic mass is 16.7. The fourth-order valence-corrected chi connectivity index (χ4v) is 2.36. The van der Waals surface area contributed by atoms with Crippen molar-refractivity contribution in [3.63, 3.8) is 0 Å². The molecule has 0 bridgehead atoms. The second kappa shape index (κ2) is 7.24. The van der Waals surface area contributed by atoms with Crippen molar-refractivity contribution in [1.82, 2.24) is 0 Å². The van der Waals surface area contributed by atoms with E-state index in [9.17, 15) is 20.1 Å². The number of aliphatic carboxylic acids is 1. The summed E-state index contributed by atoms with van der Waals surface area (Å²) in [5, 5.41) is 38.2. The lowest BCUT2D eigenvalue weighted by molar-refractivity contribution is -0.271. The molecule has 0 radical (unpaired) electrons. The molecule has 2 rings (SSSR count). The predicted octanol–water partition coefficient (Wildman–Crippen LogP) is -1.15. The highest BCUT2D eigenvalue weighted by Crippen LogP contribution is 2.25. The number of hydrogen-bond acceptors (Lipinski definition) is 7. The van der Waals surface area contributed by atoms with Crippen molar-refractivity contribution in [3.05, 3.63) is 29.8 Å². The Morgan fingerprint density at radius 3 is 2.35 bits per heavy atom. The van der Waals surface area contributed by atoms with Crippen LogP contribution in [0, 0.1) is 0 Å². The lowest BCUT2D eigenvalue weighted by Gasteiger charge is -2.38. The molecule has 1 aliphatic heterocycles. The quantitative estimate of drug-likeness (QED) is 0.456. The van der Waals surface area contributed by atoms with Crippen LogP contribution in [0.2, 0.25) is 0 Å². The summed E-state index contributed by atoms with van der Waals surface area (Å²) in [6.07, 6.45) is -7.41. The van der Waals surface area contributed by atoms with Crippen LogP contribution in [0.15, 0.2) is 24.3 Å². The van der Waals surface area contributed by atoms with E-state index in [1.807, 2.05) is 6.92 Å². The lowest BCUT2D eigenvalue weighted by atomic mass is 9.99. The summed E-state index contributed by atoms with van der Waals surface area (Å²) in [7, 11) is 0. The molecule has 23 heavy (non-hydrogen) atoms. The summed E-state index contributed by atoms with van der Waals surface area (Å²) in [5.41, 5.74) is 6.71. The first-order valence-corrected chi connectivity index (χ1v) is 7.23. The predicted molar refractivity (Wildman–Crippen MR) is 78.7 cm³/mol. The molecule has 0 aromatic heterocycles. The molecule has 0 amide bonds. The summed E-state index contributed by atoms with van der Waals surface area (Å²) < 4.78 is 10.4. The van der Waals surface area contributed by atoms with E-state index in [0.29, 0.717) is 12.2 Å². The van der Waals surface area contributed by atoms with Crippen LogP contribution in [0.1, 0.15) is 12.5 Å². The third-order valence-corrected chi connectivity index (χ3v) is 3.55. The van der Waals surface area contributed by atoms with Gasteiger partial charge >= 0.3 is 5.97 Å². The Hall–Kier alpha value is -1.71. The Morgan fingerprint density at radius 1 is 1.22 bits per heavy atom. The summed E-state index contributed by atoms with van der Waals surface area (Å²) in [6.45, 7) is 1.88. The van der Waals surface area contributed by atoms with Gasteiger partial charge in [-0.25, -0.2) is 4.79 Å². The molecular weight excluding hydrogens is 306 g/mol. The van der Waals surface area contributed by atoms with E-state index >= 15 is 0 Å². The van der Waals surface area contributed by atoms with Crippen molar-refractivity contribution in [3.8, 4) is 5.75 Å². The van der Waals surface area contributed by atoms with E-state index in [2.05, 4.69) is 0 Å². The van der Waals surface area contributed by atoms with Crippen LogP contribution in [0.3, 0.4) is 0 Å². The Morgan fingerprint density at radius 2 is 1.83 bits per heavy atom. The molecule has 1 aromatic rings. The van der Waals surface area contributed by atoms with Gasteiger partial charge in [-0.05, 0) is 31.0 Å². The minimum Gasteiger partial charge on any atom is -0.479 e. The standard InChI is InChI=1S/C15H21NO7/c1-7(16)6-8-2-4-9(5-3-8)22-15-12(19)10(17)11(18)13(23-15)14(20)21/h2-5,7,10-13,15,17-19H,6,16H2,1H3,(H,20,21)/t7?,10-,11-,12+,13-,15+/m0/s1. The Labute approximate surface area is 133 Å². The molecule has 6 atom stereocenters. The van der Waals surface area contributed by atoms with Gasteiger partial charge in [0.15, 0.2) is 6.10 Å². The van der Waals surface area contributed by atoms with Gasteiger partial charge in [-0.3, -0.25) is 0 Å². The summed E-state index contributed by atoms with van der Waals surface area (Å²) >= 11 is 0. The molecule has 1 aromatic carbocycles. The van der Waals surface area contributed by atoms with Crippen molar-refractivity contribution in [2.24, 2.45) is 5.73 Å². The molecule has 1 saturated heterocycles. The average molecular weight is 327 g/mol. The Balaban J connectivity index is 2.07. The molecule has 8 nitrogen and oxygen atoms in total. The van der Waals surface area contributed by atoms with E-state index in [4.69, 9.17) is 20.3 Å². The van der Waals surface area contributed by atoms with Gasteiger partial charge in [-0.2, -0.15) is 0 Å². The molecule has 6 N–H and O–H groups in total. The smallest absolute Gasteiger partial charge is 0.335 e. The molecule has 1 fully saturated rings. The van der Waals surface area contributed by atoms with E-state index in [-0.39, 0.29) is 6.04 Å². The number of carboxylic acid groups (broad SMARTS) is 1. The maximum absolute atomic E-state index is 11.0. The molecule has 1 heterocycles. The maximum atomic E-state index is 11.0. The van der Waals surface area contributed by atoms with Gasteiger partial charge in [0, 0.05) is 6.04 Å². The van der Waals surface area contributed by atoms with Gasteiger partial charge in [0.2, 0.25) is 6.29 Å². The summed E-state index contributed by atoms with van der Waals surface area (Å²) in [5.74, 6) is -1.13. The van der Waals surface area contributed by atoms with Crippen molar-refractivity contribution in [2.45, 2.75) is 50.1 Å². The number of hydrogen-bond donors (Lipinski definition) is 5. The van der Waals surface area contributed by atoms with Crippen LogP contribution >= 0.6 is 0 Å². The zero-order valence-electron chi connectivity index (χ0n) is 12.6. The normalized spacial score (nSPS) is 32.3. The molecule has 8 heteroatoms. The molecule has 0 saturated carbocycles. The maximum Gasteiger partial charge on any atom is 0.335 e. The van der Waals surface area contributed by atoms with Gasteiger partial charge in [0.25, 0.3) is 0 Å². The number of benzene rings is 1. The van der Waals surface area contributed by atoms with E-state index in [1.165, 1.54) is 0 Å². The van der Waals surface area contributed by atoms with Crippen LogP contribution in [0.5, 0.6) is 5.75 Å². The molecule has 0 spiro atoms. The molecule has 1 aliphatic rings.